The number of rotatable bonds is 5. The van der Waals surface area contributed by atoms with Crippen molar-refractivity contribution in [2.45, 2.75) is 13.0 Å². The zero-order valence-corrected chi connectivity index (χ0v) is 12.0. The smallest absolute Gasteiger partial charge is 0.151 e. The molecule has 0 fully saturated rings. The molecule has 5 nitrogen and oxygen atoms in total. The molecule has 6 heteroatoms. The summed E-state index contributed by atoms with van der Waals surface area (Å²) >= 11 is 6.36. The summed E-state index contributed by atoms with van der Waals surface area (Å²) < 4.78 is 1.71. The molecule has 104 valence electrons. The number of halogens is 1. The Morgan fingerprint density at radius 1 is 1.35 bits per heavy atom. The number of para-hydroxylation sites is 1. The van der Waals surface area contributed by atoms with Crippen molar-refractivity contribution in [1.82, 2.24) is 25.1 Å². The van der Waals surface area contributed by atoms with Gasteiger partial charge in [0.15, 0.2) is 5.82 Å². The van der Waals surface area contributed by atoms with Crippen LogP contribution in [0.4, 0.5) is 0 Å². The highest BCUT2D eigenvalue weighted by Gasteiger charge is 2.08. The number of aryl methyl sites for hydroxylation is 1. The van der Waals surface area contributed by atoms with Gasteiger partial charge in [-0.05, 0) is 6.07 Å². The van der Waals surface area contributed by atoms with Crippen LogP contribution in [0.25, 0.3) is 10.9 Å². The Labute approximate surface area is 122 Å². The number of H-pyrrole nitrogens is 1. The van der Waals surface area contributed by atoms with Gasteiger partial charge in [-0.3, -0.25) is 4.68 Å². The minimum absolute atomic E-state index is 0.709. The number of hydrogen-bond acceptors (Lipinski definition) is 3. The van der Waals surface area contributed by atoms with Crippen LogP contribution in [0.2, 0.25) is 5.02 Å². The van der Waals surface area contributed by atoms with E-state index in [0.29, 0.717) is 6.54 Å². The first-order valence-electron chi connectivity index (χ1n) is 6.54. The summed E-state index contributed by atoms with van der Waals surface area (Å²) in [6, 6.07) is 8.04. The van der Waals surface area contributed by atoms with Crippen molar-refractivity contribution >= 4 is 22.5 Å². The molecular formula is C14H16ClN5. The zero-order valence-electron chi connectivity index (χ0n) is 11.2. The summed E-state index contributed by atoms with van der Waals surface area (Å²) in [6.45, 7) is 1.52. The molecule has 2 N–H and O–H groups in total. The van der Waals surface area contributed by atoms with Gasteiger partial charge in [-0.15, -0.1) is 0 Å². The fraction of sp³-hybridized carbons (Fsp3) is 0.286. The molecule has 0 radical (unpaired) electrons. The maximum Gasteiger partial charge on any atom is 0.151 e. The molecule has 20 heavy (non-hydrogen) atoms. The molecular weight excluding hydrogens is 274 g/mol. The maximum atomic E-state index is 6.36. The van der Waals surface area contributed by atoms with E-state index in [1.807, 2.05) is 31.3 Å². The molecule has 0 bridgehead atoms. The SMILES string of the molecule is Cn1cnc(CCNCc2[nH]c3ccccc3c2Cl)n1. The van der Waals surface area contributed by atoms with E-state index in [2.05, 4.69) is 20.4 Å². The highest BCUT2D eigenvalue weighted by atomic mass is 35.5. The first-order chi connectivity index (χ1) is 9.74. The van der Waals surface area contributed by atoms with Crippen LogP contribution in [0.15, 0.2) is 30.6 Å². The van der Waals surface area contributed by atoms with Gasteiger partial charge >= 0.3 is 0 Å². The lowest BCUT2D eigenvalue weighted by Crippen LogP contribution is -2.17. The van der Waals surface area contributed by atoms with Gasteiger partial charge in [0.25, 0.3) is 0 Å². The van der Waals surface area contributed by atoms with Gasteiger partial charge in [-0.25, -0.2) is 4.98 Å². The summed E-state index contributed by atoms with van der Waals surface area (Å²) in [7, 11) is 1.87. The average molecular weight is 290 g/mol. The second-order valence-electron chi connectivity index (χ2n) is 4.72. The number of nitrogens with one attached hydrogen (secondary N) is 2. The van der Waals surface area contributed by atoms with Gasteiger partial charge < -0.3 is 10.3 Å². The second-order valence-corrected chi connectivity index (χ2v) is 5.10. The Hall–Kier alpha value is -1.85. The minimum atomic E-state index is 0.709. The summed E-state index contributed by atoms with van der Waals surface area (Å²) in [5, 5.41) is 9.46. The molecule has 2 aromatic heterocycles. The average Bonchev–Trinajstić information content (AvgIpc) is 3.00. The first-order valence-corrected chi connectivity index (χ1v) is 6.92. The molecule has 0 saturated heterocycles. The number of fused-ring (bicyclic) bond motifs is 1. The molecule has 0 aliphatic carbocycles. The number of hydrogen-bond donors (Lipinski definition) is 2. The third-order valence-electron chi connectivity index (χ3n) is 3.19. The van der Waals surface area contributed by atoms with E-state index in [9.17, 15) is 0 Å². The van der Waals surface area contributed by atoms with Gasteiger partial charge in [0.1, 0.15) is 6.33 Å². The Kier molecular flexibility index (Phi) is 3.71. The van der Waals surface area contributed by atoms with Crippen LogP contribution in [-0.2, 0) is 20.0 Å². The van der Waals surface area contributed by atoms with Crippen molar-refractivity contribution in [3.63, 3.8) is 0 Å². The molecule has 3 rings (SSSR count). The predicted molar refractivity (Wildman–Crippen MR) is 79.7 cm³/mol. The van der Waals surface area contributed by atoms with Crippen LogP contribution in [0.3, 0.4) is 0 Å². The monoisotopic (exact) mass is 289 g/mol. The molecule has 0 amide bonds. The number of aromatic nitrogens is 4. The molecule has 0 atom stereocenters. The summed E-state index contributed by atoms with van der Waals surface area (Å²) in [5.41, 5.74) is 2.09. The molecule has 3 aromatic rings. The largest absolute Gasteiger partial charge is 0.356 e. The normalized spacial score (nSPS) is 11.3. The van der Waals surface area contributed by atoms with Gasteiger partial charge in [0.2, 0.25) is 0 Å². The van der Waals surface area contributed by atoms with Crippen LogP contribution >= 0.6 is 11.6 Å². The molecule has 1 aromatic carbocycles. The van der Waals surface area contributed by atoms with Crippen LogP contribution in [-0.4, -0.2) is 26.3 Å². The third kappa shape index (κ3) is 2.69. The topological polar surface area (TPSA) is 58.5 Å². The van der Waals surface area contributed by atoms with E-state index in [0.717, 1.165) is 40.4 Å². The van der Waals surface area contributed by atoms with E-state index in [-0.39, 0.29) is 0 Å². The van der Waals surface area contributed by atoms with E-state index >= 15 is 0 Å². The van der Waals surface area contributed by atoms with Gasteiger partial charge in [-0.1, -0.05) is 29.8 Å². The minimum Gasteiger partial charge on any atom is -0.356 e. The van der Waals surface area contributed by atoms with Crippen LogP contribution in [0, 0.1) is 0 Å². The summed E-state index contributed by atoms with van der Waals surface area (Å²) in [4.78, 5) is 7.53. The molecule has 0 saturated carbocycles. The molecule has 2 heterocycles. The standard InChI is InChI=1S/C14H16ClN5/c1-20-9-17-13(19-20)6-7-16-8-12-14(15)10-4-2-3-5-11(10)18-12/h2-5,9,16,18H,6-8H2,1H3. The Balaban J connectivity index is 1.58. The second kappa shape index (κ2) is 5.64. The van der Waals surface area contributed by atoms with Crippen molar-refractivity contribution in [3.05, 3.63) is 47.1 Å². The molecule has 0 unspecified atom stereocenters. The lowest BCUT2D eigenvalue weighted by Gasteiger charge is -2.02. The first kappa shape index (κ1) is 13.1. The number of benzene rings is 1. The van der Waals surface area contributed by atoms with Crippen molar-refractivity contribution in [2.75, 3.05) is 6.54 Å². The Morgan fingerprint density at radius 3 is 2.95 bits per heavy atom. The Morgan fingerprint density at radius 2 is 2.20 bits per heavy atom. The van der Waals surface area contributed by atoms with E-state index in [1.165, 1.54) is 0 Å². The number of aromatic amines is 1. The predicted octanol–water partition coefficient (Wildman–Crippen LogP) is 2.28. The van der Waals surface area contributed by atoms with Crippen LogP contribution in [0.5, 0.6) is 0 Å². The van der Waals surface area contributed by atoms with E-state index < -0.39 is 0 Å². The van der Waals surface area contributed by atoms with Crippen molar-refractivity contribution in [2.24, 2.45) is 7.05 Å². The molecule has 0 spiro atoms. The molecule has 0 aliphatic rings. The lowest BCUT2D eigenvalue weighted by atomic mass is 10.2. The van der Waals surface area contributed by atoms with Gasteiger partial charge in [0.05, 0.1) is 5.02 Å². The van der Waals surface area contributed by atoms with Crippen molar-refractivity contribution < 1.29 is 0 Å². The van der Waals surface area contributed by atoms with Crippen molar-refractivity contribution in [3.8, 4) is 0 Å². The van der Waals surface area contributed by atoms with E-state index in [4.69, 9.17) is 11.6 Å². The third-order valence-corrected chi connectivity index (χ3v) is 3.62. The van der Waals surface area contributed by atoms with Crippen LogP contribution in [0.1, 0.15) is 11.5 Å². The summed E-state index contributed by atoms with van der Waals surface area (Å²) in [5.74, 6) is 0.850. The van der Waals surface area contributed by atoms with Gasteiger partial charge in [-0.2, -0.15) is 5.10 Å². The molecule has 0 aliphatic heterocycles. The fourth-order valence-electron chi connectivity index (χ4n) is 2.20. The van der Waals surface area contributed by atoms with E-state index in [1.54, 1.807) is 11.0 Å². The maximum absolute atomic E-state index is 6.36. The fourth-order valence-corrected chi connectivity index (χ4v) is 2.48. The number of nitrogens with zero attached hydrogens (tertiary/aromatic N) is 3. The Bertz CT molecular complexity index is 715. The lowest BCUT2D eigenvalue weighted by molar-refractivity contribution is 0.655. The highest BCUT2D eigenvalue weighted by Crippen LogP contribution is 2.26. The summed E-state index contributed by atoms with van der Waals surface area (Å²) in [6.07, 6.45) is 2.52. The van der Waals surface area contributed by atoms with Crippen molar-refractivity contribution in [1.29, 1.82) is 0 Å². The highest BCUT2D eigenvalue weighted by molar-refractivity contribution is 6.36. The van der Waals surface area contributed by atoms with Crippen LogP contribution < -0.4 is 5.32 Å². The quantitative estimate of drug-likeness (QED) is 0.709. The van der Waals surface area contributed by atoms with Gasteiger partial charge in [0, 0.05) is 43.2 Å². The zero-order chi connectivity index (χ0) is 13.9.